The maximum Gasteiger partial charge on any atom is 0.271 e. The highest BCUT2D eigenvalue weighted by Gasteiger charge is 2.08. The van der Waals surface area contributed by atoms with Crippen molar-refractivity contribution in [2.24, 2.45) is 5.10 Å². The van der Waals surface area contributed by atoms with Gasteiger partial charge >= 0.3 is 0 Å². The van der Waals surface area contributed by atoms with Gasteiger partial charge in [0.2, 0.25) is 0 Å². The number of amides is 1. The lowest BCUT2D eigenvalue weighted by molar-refractivity contribution is 0.0955. The number of aryl methyl sites for hydroxylation is 1. The third kappa shape index (κ3) is 6.60. The average molecular weight is 433 g/mol. The van der Waals surface area contributed by atoms with E-state index >= 15 is 0 Å². The summed E-state index contributed by atoms with van der Waals surface area (Å²) in [5.74, 6) is 1.71. The highest BCUT2D eigenvalue weighted by Crippen LogP contribution is 2.29. The van der Waals surface area contributed by atoms with Crippen LogP contribution in [0, 0.1) is 6.92 Å². The molecule has 3 aromatic carbocycles. The van der Waals surface area contributed by atoms with Crippen molar-refractivity contribution in [1.29, 1.82) is 0 Å². The second kappa shape index (κ2) is 11.6. The van der Waals surface area contributed by atoms with Crippen molar-refractivity contribution in [2.75, 3.05) is 13.2 Å². The number of nitrogens with one attached hydrogen (secondary N) is 1. The van der Waals surface area contributed by atoms with E-state index in [-0.39, 0.29) is 5.91 Å². The summed E-state index contributed by atoms with van der Waals surface area (Å²) in [6.45, 7) is 7.42. The highest BCUT2D eigenvalue weighted by molar-refractivity contribution is 5.95. The molecule has 0 bridgehead atoms. The van der Waals surface area contributed by atoms with E-state index in [1.165, 1.54) is 5.56 Å². The van der Waals surface area contributed by atoms with Gasteiger partial charge < -0.3 is 14.2 Å². The van der Waals surface area contributed by atoms with Gasteiger partial charge in [0, 0.05) is 5.56 Å². The molecule has 0 saturated carbocycles. The topological polar surface area (TPSA) is 69.2 Å². The minimum Gasteiger partial charge on any atom is -0.494 e. The predicted molar refractivity (Wildman–Crippen MR) is 126 cm³/mol. The van der Waals surface area contributed by atoms with Crippen LogP contribution in [0.25, 0.3) is 0 Å². The summed E-state index contributed by atoms with van der Waals surface area (Å²) in [5.41, 5.74) is 6.11. The zero-order valence-electron chi connectivity index (χ0n) is 18.6. The molecule has 3 rings (SSSR count). The van der Waals surface area contributed by atoms with Crippen molar-refractivity contribution >= 4 is 12.1 Å². The van der Waals surface area contributed by atoms with E-state index in [0.717, 1.165) is 16.9 Å². The Hall–Kier alpha value is -3.80. The second-order valence-corrected chi connectivity index (χ2v) is 7.07. The molecule has 6 nitrogen and oxygen atoms in total. The highest BCUT2D eigenvalue weighted by atomic mass is 16.5. The fourth-order valence-corrected chi connectivity index (χ4v) is 2.94. The van der Waals surface area contributed by atoms with Crippen molar-refractivity contribution in [3.63, 3.8) is 0 Å². The summed E-state index contributed by atoms with van der Waals surface area (Å²) in [6.07, 6.45) is 1.57. The molecule has 0 spiro atoms. The summed E-state index contributed by atoms with van der Waals surface area (Å²) < 4.78 is 17.1. The van der Waals surface area contributed by atoms with Gasteiger partial charge in [-0.15, -0.1) is 0 Å². The van der Waals surface area contributed by atoms with Crippen LogP contribution in [0.5, 0.6) is 17.2 Å². The molecule has 0 fully saturated rings. The Morgan fingerprint density at radius 3 is 2.28 bits per heavy atom. The fourth-order valence-electron chi connectivity index (χ4n) is 2.94. The number of benzene rings is 3. The zero-order valence-corrected chi connectivity index (χ0v) is 18.6. The smallest absolute Gasteiger partial charge is 0.271 e. The fraction of sp³-hybridized carbons (Fsp3) is 0.231. The minimum atomic E-state index is -0.299. The van der Waals surface area contributed by atoms with Gasteiger partial charge in [-0.25, -0.2) is 5.43 Å². The van der Waals surface area contributed by atoms with Gasteiger partial charge in [0.25, 0.3) is 5.91 Å². The minimum absolute atomic E-state index is 0.299. The van der Waals surface area contributed by atoms with Crippen LogP contribution in [-0.2, 0) is 6.61 Å². The standard InChI is InChI=1S/C26H28N2O4/c1-4-30-23-13-11-22(12-14-23)26(29)28-27-17-21-10-15-24(25(16-21)31-5-2)32-18-20-8-6-19(3)7-9-20/h6-17H,4-5,18H2,1-3H3,(H,28,29)/b27-17+. The van der Waals surface area contributed by atoms with Crippen LogP contribution in [0.1, 0.15) is 40.9 Å². The Balaban J connectivity index is 1.61. The number of carbonyl (C=O) groups excluding carboxylic acids is 1. The monoisotopic (exact) mass is 432 g/mol. The first-order valence-corrected chi connectivity index (χ1v) is 10.6. The van der Waals surface area contributed by atoms with Crippen LogP contribution < -0.4 is 19.6 Å². The molecule has 6 heteroatoms. The molecule has 0 aliphatic carbocycles. The van der Waals surface area contributed by atoms with Crippen molar-refractivity contribution in [2.45, 2.75) is 27.4 Å². The quantitative estimate of drug-likeness (QED) is 0.356. The summed E-state index contributed by atoms with van der Waals surface area (Å²) in [7, 11) is 0. The first kappa shape index (κ1) is 22.9. The van der Waals surface area contributed by atoms with Gasteiger partial charge in [0.15, 0.2) is 11.5 Å². The third-order valence-corrected chi connectivity index (χ3v) is 4.59. The molecule has 0 radical (unpaired) electrons. The Morgan fingerprint density at radius 1 is 0.875 bits per heavy atom. The number of hydrazone groups is 1. The predicted octanol–water partition coefficient (Wildman–Crippen LogP) is 5.14. The largest absolute Gasteiger partial charge is 0.494 e. The first-order valence-electron chi connectivity index (χ1n) is 10.6. The molecule has 0 saturated heterocycles. The number of nitrogens with zero attached hydrogens (tertiary/aromatic N) is 1. The van der Waals surface area contributed by atoms with Crippen molar-refractivity contribution in [3.05, 3.63) is 89.0 Å². The van der Waals surface area contributed by atoms with E-state index in [1.54, 1.807) is 30.5 Å². The third-order valence-electron chi connectivity index (χ3n) is 4.59. The SMILES string of the molecule is CCOc1ccc(C(=O)N/N=C/c2ccc(OCc3ccc(C)cc3)c(OCC)c2)cc1. The first-order chi connectivity index (χ1) is 15.6. The molecule has 166 valence electrons. The normalized spacial score (nSPS) is 10.7. The zero-order chi connectivity index (χ0) is 22.8. The lowest BCUT2D eigenvalue weighted by Crippen LogP contribution is -2.17. The summed E-state index contributed by atoms with van der Waals surface area (Å²) in [6, 6.07) is 20.7. The van der Waals surface area contributed by atoms with E-state index in [0.29, 0.717) is 36.9 Å². The molecule has 0 atom stereocenters. The van der Waals surface area contributed by atoms with Gasteiger partial charge in [-0.3, -0.25) is 4.79 Å². The van der Waals surface area contributed by atoms with Crippen LogP contribution in [0.3, 0.4) is 0 Å². The van der Waals surface area contributed by atoms with Gasteiger partial charge in [0.1, 0.15) is 12.4 Å². The summed E-state index contributed by atoms with van der Waals surface area (Å²) >= 11 is 0. The molecule has 1 amide bonds. The van der Waals surface area contributed by atoms with Crippen molar-refractivity contribution in [1.82, 2.24) is 5.43 Å². The van der Waals surface area contributed by atoms with Crippen LogP contribution in [0.2, 0.25) is 0 Å². The molecular formula is C26H28N2O4. The Kier molecular flexibility index (Phi) is 8.26. The van der Waals surface area contributed by atoms with Crippen LogP contribution in [-0.4, -0.2) is 25.3 Å². The lowest BCUT2D eigenvalue weighted by atomic mass is 10.2. The Morgan fingerprint density at radius 2 is 1.59 bits per heavy atom. The number of ether oxygens (including phenoxy) is 3. The maximum atomic E-state index is 12.3. The van der Waals surface area contributed by atoms with E-state index in [4.69, 9.17) is 14.2 Å². The van der Waals surface area contributed by atoms with Gasteiger partial charge in [-0.05, 0) is 74.4 Å². The molecule has 0 aliphatic rings. The van der Waals surface area contributed by atoms with E-state index in [2.05, 4.69) is 29.6 Å². The molecular weight excluding hydrogens is 404 g/mol. The molecule has 32 heavy (non-hydrogen) atoms. The van der Waals surface area contributed by atoms with Gasteiger partial charge in [-0.2, -0.15) is 5.10 Å². The van der Waals surface area contributed by atoms with Crippen LogP contribution in [0.15, 0.2) is 71.8 Å². The molecule has 0 heterocycles. The summed E-state index contributed by atoms with van der Waals surface area (Å²) in [5, 5.41) is 4.06. The van der Waals surface area contributed by atoms with E-state index < -0.39 is 0 Å². The van der Waals surface area contributed by atoms with E-state index in [9.17, 15) is 4.79 Å². The van der Waals surface area contributed by atoms with Crippen molar-refractivity contribution in [3.8, 4) is 17.2 Å². The number of carbonyl (C=O) groups is 1. The number of hydrogen-bond donors (Lipinski definition) is 1. The molecule has 0 aromatic heterocycles. The summed E-state index contributed by atoms with van der Waals surface area (Å²) in [4.78, 5) is 12.3. The Labute approximate surface area is 188 Å². The molecule has 1 N–H and O–H groups in total. The second-order valence-electron chi connectivity index (χ2n) is 7.07. The Bertz CT molecular complexity index is 1040. The van der Waals surface area contributed by atoms with E-state index in [1.807, 2.05) is 44.2 Å². The van der Waals surface area contributed by atoms with Gasteiger partial charge in [-0.1, -0.05) is 29.8 Å². The molecule has 0 unspecified atom stereocenters. The molecule has 0 aliphatic heterocycles. The maximum absolute atomic E-state index is 12.3. The average Bonchev–Trinajstić information content (AvgIpc) is 2.80. The van der Waals surface area contributed by atoms with Gasteiger partial charge in [0.05, 0.1) is 19.4 Å². The number of rotatable bonds is 10. The lowest BCUT2D eigenvalue weighted by Gasteiger charge is -2.13. The van der Waals surface area contributed by atoms with Crippen LogP contribution in [0.4, 0.5) is 0 Å². The van der Waals surface area contributed by atoms with Crippen LogP contribution >= 0.6 is 0 Å². The number of hydrogen-bond acceptors (Lipinski definition) is 5. The van der Waals surface area contributed by atoms with Crippen molar-refractivity contribution < 1.29 is 19.0 Å². The molecule has 3 aromatic rings.